The topological polar surface area (TPSA) is 110 Å². The molecule has 4 aromatic rings. The number of thiophene rings is 1. The summed E-state index contributed by atoms with van der Waals surface area (Å²) >= 11 is 7.89. The molecule has 0 unspecified atom stereocenters. The van der Waals surface area contributed by atoms with Crippen LogP contribution in [-0.4, -0.2) is 78.7 Å². The number of nitrogens with two attached hydrogens (primary N) is 1. The number of fused-ring (bicyclic) bond motifs is 4. The summed E-state index contributed by atoms with van der Waals surface area (Å²) in [7, 11) is 1.62. The summed E-state index contributed by atoms with van der Waals surface area (Å²) in [5, 5.41) is 10.4. The van der Waals surface area contributed by atoms with Crippen LogP contribution in [-0.2, 0) is 4.74 Å². The Labute approximate surface area is 265 Å². The van der Waals surface area contributed by atoms with E-state index in [1.807, 2.05) is 11.0 Å². The fourth-order valence-electron chi connectivity index (χ4n) is 7.73. The van der Waals surface area contributed by atoms with Crippen LogP contribution in [0.25, 0.3) is 32.1 Å². The van der Waals surface area contributed by atoms with Crippen LogP contribution in [0.15, 0.2) is 12.1 Å². The zero-order valence-corrected chi connectivity index (χ0v) is 25.8. The van der Waals surface area contributed by atoms with Gasteiger partial charge in [-0.05, 0) is 37.4 Å². The van der Waals surface area contributed by atoms with Crippen LogP contribution in [0.4, 0.5) is 24.0 Å². The molecule has 9 nitrogen and oxygen atoms in total. The molecule has 2 N–H and O–H groups in total. The number of hydrogen-bond donors (Lipinski definition) is 1. The molecule has 4 atom stereocenters. The third-order valence-corrected chi connectivity index (χ3v) is 11.1. The molecule has 3 saturated heterocycles. The van der Waals surface area contributed by atoms with Crippen molar-refractivity contribution in [1.29, 1.82) is 5.26 Å². The Bertz CT molecular complexity index is 1940. The highest BCUT2D eigenvalue weighted by Gasteiger charge is 2.50. The second-order valence-electron chi connectivity index (χ2n) is 12.2. The molecule has 0 spiro atoms. The fraction of sp³-hybridized carbons (Fsp3) is 0.452. The van der Waals surface area contributed by atoms with Gasteiger partial charge in [-0.1, -0.05) is 17.7 Å². The number of ether oxygens (including phenoxy) is 3. The van der Waals surface area contributed by atoms with E-state index in [4.69, 9.17) is 36.5 Å². The maximum atomic E-state index is 17.0. The fourth-order valence-corrected chi connectivity index (χ4v) is 9.01. The number of rotatable bonds is 6. The first-order valence-electron chi connectivity index (χ1n) is 14.8. The van der Waals surface area contributed by atoms with Crippen LogP contribution in [0, 0.1) is 23.0 Å². The van der Waals surface area contributed by atoms with E-state index in [0.717, 1.165) is 37.1 Å². The molecule has 6 heterocycles. The maximum Gasteiger partial charge on any atom is 0.319 e. The van der Waals surface area contributed by atoms with E-state index in [-0.39, 0.29) is 84.8 Å². The maximum absolute atomic E-state index is 17.0. The number of nitriles is 1. The number of anilines is 2. The molecule has 0 radical (unpaired) electrons. The summed E-state index contributed by atoms with van der Waals surface area (Å²) in [4.78, 5) is 13.5. The van der Waals surface area contributed by atoms with Gasteiger partial charge in [-0.25, -0.2) is 13.2 Å². The summed E-state index contributed by atoms with van der Waals surface area (Å²) in [6.45, 7) is 1.98. The van der Waals surface area contributed by atoms with Crippen molar-refractivity contribution in [2.45, 2.75) is 49.5 Å². The zero-order valence-electron chi connectivity index (χ0n) is 24.2. The lowest BCUT2D eigenvalue weighted by molar-refractivity contribution is 0.107. The molecule has 2 aromatic carbocycles. The van der Waals surface area contributed by atoms with Crippen LogP contribution < -0.4 is 20.1 Å². The second kappa shape index (κ2) is 10.5. The highest BCUT2D eigenvalue weighted by molar-refractivity contribution is 7.23. The van der Waals surface area contributed by atoms with Crippen molar-refractivity contribution >= 4 is 54.7 Å². The molecule has 4 aliphatic heterocycles. The molecule has 0 aliphatic carbocycles. The molecule has 2 aromatic heterocycles. The minimum Gasteiger partial charge on any atom is -0.489 e. The van der Waals surface area contributed by atoms with Gasteiger partial charge < -0.3 is 24.8 Å². The van der Waals surface area contributed by atoms with E-state index in [0.29, 0.717) is 25.4 Å². The summed E-state index contributed by atoms with van der Waals surface area (Å²) in [6.07, 6.45) is 1.90. The van der Waals surface area contributed by atoms with Gasteiger partial charge in [-0.15, -0.1) is 11.3 Å². The average molecular weight is 657 g/mol. The first-order valence-corrected chi connectivity index (χ1v) is 16.0. The van der Waals surface area contributed by atoms with Crippen molar-refractivity contribution in [3.05, 3.63) is 34.4 Å². The van der Waals surface area contributed by atoms with Gasteiger partial charge in [0.25, 0.3) is 0 Å². The Hall–Kier alpha value is -3.57. The number of nitrogen functional groups attached to an aromatic ring is 1. The van der Waals surface area contributed by atoms with Crippen LogP contribution in [0.2, 0.25) is 5.02 Å². The Morgan fingerprint density at radius 3 is 2.93 bits per heavy atom. The smallest absolute Gasteiger partial charge is 0.319 e. The molecule has 14 heteroatoms. The molecular weight excluding hydrogens is 629 g/mol. The second-order valence-corrected chi connectivity index (χ2v) is 13.6. The monoisotopic (exact) mass is 656 g/mol. The van der Waals surface area contributed by atoms with Crippen molar-refractivity contribution in [2.24, 2.45) is 0 Å². The number of benzene rings is 2. The number of nitrogens with zero attached hydrogens (tertiary/aromatic N) is 5. The largest absolute Gasteiger partial charge is 0.489 e. The molecule has 8 rings (SSSR count). The normalized spacial score (nSPS) is 25.5. The SMILES string of the molecule is COC[C@H]1C[C@H]2COc3c(Cl)c(-c4ccc(F)c5sc(N)c(C#N)c45)c(F)c4nc(OC[C@@]56CCCN5C[C@H](F)C6)nc(c34)N21. The number of aromatic nitrogens is 2. The van der Waals surface area contributed by atoms with Gasteiger partial charge >= 0.3 is 6.01 Å². The van der Waals surface area contributed by atoms with E-state index in [1.165, 1.54) is 12.1 Å². The third kappa shape index (κ3) is 4.19. The predicted octanol–water partition coefficient (Wildman–Crippen LogP) is 5.84. The summed E-state index contributed by atoms with van der Waals surface area (Å²) in [5.74, 6) is -0.795. The van der Waals surface area contributed by atoms with Crippen LogP contribution in [0.5, 0.6) is 11.8 Å². The Balaban J connectivity index is 1.34. The van der Waals surface area contributed by atoms with E-state index in [9.17, 15) is 14.0 Å². The van der Waals surface area contributed by atoms with E-state index < -0.39 is 23.3 Å². The van der Waals surface area contributed by atoms with Crippen molar-refractivity contribution in [2.75, 3.05) is 50.7 Å². The summed E-state index contributed by atoms with van der Waals surface area (Å²) in [6, 6.07) is 4.42. The Kier molecular flexibility index (Phi) is 6.73. The number of halogens is 4. The molecule has 0 amide bonds. The number of alkyl halides is 1. The molecule has 0 saturated carbocycles. The first-order chi connectivity index (χ1) is 21.7. The van der Waals surface area contributed by atoms with Crippen molar-refractivity contribution in [3.63, 3.8) is 0 Å². The molecular formula is C31H28ClF3N6O3S. The van der Waals surface area contributed by atoms with Crippen molar-refractivity contribution in [1.82, 2.24) is 14.9 Å². The predicted molar refractivity (Wildman–Crippen MR) is 165 cm³/mol. The number of hydrogen-bond acceptors (Lipinski definition) is 10. The van der Waals surface area contributed by atoms with Gasteiger partial charge in [-0.3, -0.25) is 4.90 Å². The highest BCUT2D eigenvalue weighted by Crippen LogP contribution is 2.52. The average Bonchev–Trinajstić information content (AvgIpc) is 3.62. The van der Waals surface area contributed by atoms with Gasteiger partial charge in [-0.2, -0.15) is 15.2 Å². The van der Waals surface area contributed by atoms with E-state index in [1.54, 1.807) is 7.11 Å². The lowest BCUT2D eigenvalue weighted by atomic mass is 9.93. The Morgan fingerprint density at radius 1 is 1.29 bits per heavy atom. The highest BCUT2D eigenvalue weighted by atomic mass is 35.5. The van der Waals surface area contributed by atoms with Gasteiger partial charge in [0.05, 0.1) is 44.9 Å². The van der Waals surface area contributed by atoms with Crippen molar-refractivity contribution in [3.8, 4) is 29.0 Å². The molecule has 4 aliphatic rings. The number of methoxy groups -OCH3 is 1. The quantitative estimate of drug-likeness (QED) is 0.274. The molecule has 3 fully saturated rings. The minimum atomic E-state index is -0.938. The van der Waals surface area contributed by atoms with Gasteiger partial charge in [0.1, 0.15) is 47.6 Å². The van der Waals surface area contributed by atoms with Gasteiger partial charge in [0.15, 0.2) is 11.6 Å². The molecule has 234 valence electrons. The lowest BCUT2D eigenvalue weighted by Crippen LogP contribution is -2.60. The van der Waals surface area contributed by atoms with Crippen LogP contribution in [0.3, 0.4) is 0 Å². The van der Waals surface area contributed by atoms with E-state index >= 15 is 4.39 Å². The van der Waals surface area contributed by atoms with Gasteiger partial charge in [0.2, 0.25) is 0 Å². The minimum absolute atomic E-state index is 0.0360. The van der Waals surface area contributed by atoms with Gasteiger partial charge in [0, 0.05) is 31.0 Å². The first kappa shape index (κ1) is 28.9. The van der Waals surface area contributed by atoms with Crippen LogP contribution >= 0.6 is 22.9 Å². The zero-order chi connectivity index (χ0) is 31.2. The van der Waals surface area contributed by atoms with Crippen molar-refractivity contribution < 1.29 is 27.4 Å². The lowest BCUT2D eigenvalue weighted by Gasteiger charge is -2.48. The third-order valence-electron chi connectivity index (χ3n) is 9.73. The molecule has 45 heavy (non-hydrogen) atoms. The summed E-state index contributed by atoms with van der Waals surface area (Å²) in [5.41, 5.74) is 5.65. The standard InChI is InChI=1S/C31H28ClF3N6O3S/c1-42-11-15-7-16-12-43-26-22-25(24(35)21(23(26)32)17-3-4-19(34)27-20(17)18(9-36)28(37)45-27)38-30(39-29(22)41(15)16)44-13-31-5-2-6-40(31)10-14(33)8-31/h3-4,14-16H,2,5-8,10-13,37H2,1H3/t14-,15-,16+,31+/m1/s1. The van der Waals surface area contributed by atoms with E-state index in [2.05, 4.69) is 9.88 Å². The van der Waals surface area contributed by atoms with Crippen LogP contribution in [0.1, 0.15) is 31.2 Å². The summed E-state index contributed by atoms with van der Waals surface area (Å²) < 4.78 is 64.5. The Morgan fingerprint density at radius 2 is 2.13 bits per heavy atom. The molecule has 0 bridgehead atoms.